The second-order valence-corrected chi connectivity index (χ2v) is 6.10. The number of nitrogens with zero attached hydrogens (tertiary/aromatic N) is 4. The van der Waals surface area contributed by atoms with E-state index in [0.717, 1.165) is 17.1 Å². The smallest absolute Gasteiger partial charge is 0.270 e. The van der Waals surface area contributed by atoms with Gasteiger partial charge in [-0.25, -0.2) is 9.97 Å². The fourth-order valence-electron chi connectivity index (χ4n) is 2.89. The van der Waals surface area contributed by atoms with Gasteiger partial charge in [-0.15, -0.1) is 0 Å². The lowest BCUT2D eigenvalue weighted by Crippen LogP contribution is -2.31. The number of pyridine rings is 1. The quantitative estimate of drug-likeness (QED) is 0.605. The minimum absolute atomic E-state index is 0.0179. The fraction of sp³-hybridized carbons (Fsp3) is 0.100. The lowest BCUT2D eigenvalue weighted by molar-refractivity contribution is 0.0949. The predicted octanol–water partition coefficient (Wildman–Crippen LogP) is 2.12. The first kappa shape index (κ1) is 16.7. The molecule has 0 atom stereocenters. The van der Waals surface area contributed by atoms with Gasteiger partial charge in [0.1, 0.15) is 17.0 Å². The molecular formula is C20H17N5O2. The molecule has 0 aliphatic carbocycles. The minimum Gasteiger partial charge on any atom is -0.348 e. The maximum absolute atomic E-state index is 12.4. The number of carbonyl (C=O) groups is 1. The molecule has 0 spiro atoms. The topological polar surface area (TPSA) is 81.3 Å². The standard InChI is InChI=1S/C20H17N5O2/c1-14-21-9-11-24(14)16-7-5-15(6-8-16)12-23-19(26)17-13-22-18-4-2-3-10-25(18)20(17)27/h2-11,13H,12H2,1H3,(H,23,26). The normalized spacial score (nSPS) is 10.9. The Hall–Kier alpha value is -3.74. The lowest BCUT2D eigenvalue weighted by Gasteiger charge is -2.08. The van der Waals surface area contributed by atoms with Gasteiger partial charge in [0.25, 0.3) is 11.5 Å². The molecule has 0 radical (unpaired) electrons. The van der Waals surface area contributed by atoms with Crippen LogP contribution in [0, 0.1) is 6.92 Å². The van der Waals surface area contributed by atoms with Crippen molar-refractivity contribution in [1.82, 2.24) is 24.3 Å². The molecule has 3 heterocycles. The van der Waals surface area contributed by atoms with Crippen molar-refractivity contribution in [2.75, 3.05) is 0 Å². The van der Waals surface area contributed by atoms with E-state index in [2.05, 4.69) is 15.3 Å². The second kappa shape index (κ2) is 6.87. The van der Waals surface area contributed by atoms with E-state index in [9.17, 15) is 9.59 Å². The Morgan fingerprint density at radius 3 is 2.63 bits per heavy atom. The van der Waals surface area contributed by atoms with Gasteiger partial charge in [0.2, 0.25) is 0 Å². The number of fused-ring (bicyclic) bond motifs is 1. The number of aryl methyl sites for hydroxylation is 1. The van der Waals surface area contributed by atoms with Crippen LogP contribution in [-0.2, 0) is 6.54 Å². The summed E-state index contributed by atoms with van der Waals surface area (Å²) in [5.41, 5.74) is 2.06. The molecule has 1 N–H and O–H groups in total. The summed E-state index contributed by atoms with van der Waals surface area (Å²) >= 11 is 0. The number of imidazole rings is 1. The van der Waals surface area contributed by atoms with Gasteiger partial charge < -0.3 is 9.88 Å². The van der Waals surface area contributed by atoms with Gasteiger partial charge in [0, 0.05) is 37.0 Å². The Labute approximate surface area is 155 Å². The van der Waals surface area contributed by atoms with E-state index in [4.69, 9.17) is 0 Å². The largest absolute Gasteiger partial charge is 0.348 e. The molecule has 0 saturated carbocycles. The minimum atomic E-state index is -0.444. The molecule has 4 aromatic rings. The van der Waals surface area contributed by atoms with Crippen molar-refractivity contribution >= 4 is 11.6 Å². The van der Waals surface area contributed by atoms with Crippen LogP contribution < -0.4 is 10.9 Å². The Bertz CT molecular complexity index is 1170. The van der Waals surface area contributed by atoms with Crippen molar-refractivity contribution in [2.24, 2.45) is 0 Å². The van der Waals surface area contributed by atoms with Crippen molar-refractivity contribution < 1.29 is 4.79 Å². The summed E-state index contributed by atoms with van der Waals surface area (Å²) in [7, 11) is 0. The predicted molar refractivity (Wildman–Crippen MR) is 101 cm³/mol. The van der Waals surface area contributed by atoms with Crippen molar-refractivity contribution in [3.63, 3.8) is 0 Å². The van der Waals surface area contributed by atoms with Gasteiger partial charge in [-0.2, -0.15) is 0 Å². The first-order valence-electron chi connectivity index (χ1n) is 8.47. The number of rotatable bonds is 4. The van der Waals surface area contributed by atoms with E-state index >= 15 is 0 Å². The van der Waals surface area contributed by atoms with Gasteiger partial charge >= 0.3 is 0 Å². The number of aromatic nitrogens is 4. The highest BCUT2D eigenvalue weighted by atomic mass is 16.2. The molecule has 0 fully saturated rings. The van der Waals surface area contributed by atoms with Crippen LogP contribution in [0.5, 0.6) is 0 Å². The van der Waals surface area contributed by atoms with Crippen LogP contribution >= 0.6 is 0 Å². The zero-order valence-corrected chi connectivity index (χ0v) is 14.7. The number of benzene rings is 1. The molecular weight excluding hydrogens is 342 g/mol. The molecule has 7 heteroatoms. The molecule has 0 aliphatic rings. The Morgan fingerprint density at radius 1 is 1.07 bits per heavy atom. The first-order valence-corrected chi connectivity index (χ1v) is 8.47. The van der Waals surface area contributed by atoms with Crippen molar-refractivity contribution in [2.45, 2.75) is 13.5 Å². The van der Waals surface area contributed by atoms with Gasteiger partial charge in [-0.1, -0.05) is 18.2 Å². The van der Waals surface area contributed by atoms with E-state index in [1.54, 1.807) is 30.6 Å². The summed E-state index contributed by atoms with van der Waals surface area (Å²) in [5.74, 6) is 0.459. The van der Waals surface area contributed by atoms with Crippen molar-refractivity contribution in [3.8, 4) is 5.69 Å². The molecule has 1 amide bonds. The Balaban J connectivity index is 1.49. The van der Waals surface area contributed by atoms with Crippen LogP contribution in [0.2, 0.25) is 0 Å². The third-order valence-corrected chi connectivity index (χ3v) is 4.35. The lowest BCUT2D eigenvalue weighted by atomic mass is 10.2. The number of carbonyl (C=O) groups excluding carboxylic acids is 1. The molecule has 4 rings (SSSR count). The van der Waals surface area contributed by atoms with Crippen molar-refractivity contribution in [3.05, 3.63) is 94.6 Å². The number of hydrogen-bond donors (Lipinski definition) is 1. The SMILES string of the molecule is Cc1nccn1-c1ccc(CNC(=O)c2cnc3ccccn3c2=O)cc1. The second-order valence-electron chi connectivity index (χ2n) is 6.10. The average molecular weight is 359 g/mol. The third-order valence-electron chi connectivity index (χ3n) is 4.35. The van der Waals surface area contributed by atoms with Gasteiger partial charge in [0.15, 0.2) is 0 Å². The summed E-state index contributed by atoms with van der Waals surface area (Å²) < 4.78 is 3.33. The summed E-state index contributed by atoms with van der Waals surface area (Å²) in [6, 6.07) is 13.0. The third kappa shape index (κ3) is 3.22. The molecule has 0 aliphatic heterocycles. The fourth-order valence-corrected chi connectivity index (χ4v) is 2.89. The van der Waals surface area contributed by atoms with Crippen LogP contribution in [-0.4, -0.2) is 24.8 Å². The average Bonchev–Trinajstić information content (AvgIpc) is 3.13. The summed E-state index contributed by atoms with van der Waals surface area (Å²) in [6.45, 7) is 2.25. The number of amides is 1. The van der Waals surface area contributed by atoms with E-state index in [-0.39, 0.29) is 11.1 Å². The molecule has 0 bridgehead atoms. The summed E-state index contributed by atoms with van der Waals surface area (Å²) in [6.07, 6.45) is 6.56. The molecule has 27 heavy (non-hydrogen) atoms. The van der Waals surface area contributed by atoms with E-state index in [0.29, 0.717) is 12.2 Å². The highest BCUT2D eigenvalue weighted by Gasteiger charge is 2.12. The molecule has 0 unspecified atom stereocenters. The maximum Gasteiger partial charge on any atom is 0.270 e. The van der Waals surface area contributed by atoms with Gasteiger partial charge in [-0.05, 0) is 36.8 Å². The summed E-state index contributed by atoms with van der Waals surface area (Å²) in [4.78, 5) is 33.2. The van der Waals surface area contributed by atoms with E-state index in [1.807, 2.05) is 42.0 Å². The summed E-state index contributed by atoms with van der Waals surface area (Å²) in [5, 5.41) is 2.77. The molecule has 3 aromatic heterocycles. The molecule has 7 nitrogen and oxygen atoms in total. The van der Waals surface area contributed by atoms with Gasteiger partial charge in [0.05, 0.1) is 0 Å². The van der Waals surface area contributed by atoms with Gasteiger partial charge in [-0.3, -0.25) is 14.0 Å². The van der Waals surface area contributed by atoms with Crippen LogP contribution in [0.4, 0.5) is 0 Å². The van der Waals surface area contributed by atoms with E-state index in [1.165, 1.54) is 10.6 Å². The number of hydrogen-bond acceptors (Lipinski definition) is 4. The van der Waals surface area contributed by atoms with Crippen LogP contribution in [0.25, 0.3) is 11.3 Å². The monoisotopic (exact) mass is 359 g/mol. The van der Waals surface area contributed by atoms with Crippen LogP contribution in [0.1, 0.15) is 21.7 Å². The van der Waals surface area contributed by atoms with Crippen LogP contribution in [0.15, 0.2) is 72.0 Å². The molecule has 1 aromatic carbocycles. The van der Waals surface area contributed by atoms with Crippen LogP contribution in [0.3, 0.4) is 0 Å². The maximum atomic E-state index is 12.4. The first-order chi connectivity index (χ1) is 13.1. The Morgan fingerprint density at radius 2 is 1.89 bits per heavy atom. The van der Waals surface area contributed by atoms with E-state index < -0.39 is 5.91 Å². The highest BCUT2D eigenvalue weighted by Crippen LogP contribution is 2.11. The van der Waals surface area contributed by atoms with Crippen molar-refractivity contribution in [1.29, 1.82) is 0 Å². The number of nitrogens with one attached hydrogen (secondary N) is 1. The zero-order valence-electron chi connectivity index (χ0n) is 14.7. The zero-order chi connectivity index (χ0) is 18.8. The molecule has 0 saturated heterocycles. The highest BCUT2D eigenvalue weighted by molar-refractivity contribution is 5.93. The Kier molecular flexibility index (Phi) is 4.25. The molecule has 134 valence electrons.